The molecule has 0 heterocycles. The van der Waals surface area contributed by atoms with E-state index in [4.69, 9.17) is 0 Å². The number of nitrogens with one attached hydrogen (secondary N) is 2. The summed E-state index contributed by atoms with van der Waals surface area (Å²) < 4.78 is 25.6. The number of hydrogen-bond donors (Lipinski definition) is 2. The summed E-state index contributed by atoms with van der Waals surface area (Å²) in [6, 6.07) is 7.50. The molecule has 2 N–H and O–H groups in total. The molecule has 1 unspecified atom stereocenters. The van der Waals surface area contributed by atoms with Crippen molar-refractivity contribution in [3.05, 3.63) is 29.8 Å². The van der Waals surface area contributed by atoms with Crippen LogP contribution in [-0.2, 0) is 16.4 Å². The van der Waals surface area contributed by atoms with Crippen molar-refractivity contribution in [2.45, 2.75) is 38.1 Å². The number of benzene rings is 1. The molecule has 0 amide bonds. The molecule has 0 aromatic heterocycles. The Balaban J connectivity index is 2.82. The van der Waals surface area contributed by atoms with Crippen LogP contribution in [0.15, 0.2) is 29.2 Å². The third-order valence-electron chi connectivity index (χ3n) is 3.23. The van der Waals surface area contributed by atoms with Gasteiger partial charge in [0.05, 0.1) is 4.90 Å². The zero-order valence-electron chi connectivity index (χ0n) is 12.1. The lowest BCUT2D eigenvalue weighted by Crippen LogP contribution is -2.35. The molecule has 0 saturated carbocycles. The van der Waals surface area contributed by atoms with Crippen LogP contribution in [-0.4, -0.2) is 28.1 Å². The molecule has 108 valence electrons. The van der Waals surface area contributed by atoms with Gasteiger partial charge in [-0.2, -0.15) is 0 Å². The highest BCUT2D eigenvalue weighted by Crippen LogP contribution is 2.14. The van der Waals surface area contributed by atoms with Crippen LogP contribution in [0.25, 0.3) is 0 Å². The zero-order valence-corrected chi connectivity index (χ0v) is 12.9. The number of likely N-dealkylation sites (N-methyl/N-ethyl adjacent to an activating group) is 1. The Hall–Kier alpha value is -0.910. The van der Waals surface area contributed by atoms with Gasteiger partial charge in [0.25, 0.3) is 0 Å². The molecule has 1 aromatic carbocycles. The first-order chi connectivity index (χ1) is 8.90. The summed E-state index contributed by atoms with van der Waals surface area (Å²) in [4.78, 5) is 0.309. The minimum absolute atomic E-state index is 0.309. The molecule has 4 nitrogen and oxygen atoms in total. The molecule has 1 aromatic rings. The van der Waals surface area contributed by atoms with Crippen molar-refractivity contribution in [1.29, 1.82) is 0 Å². The Kier molecular flexibility index (Phi) is 5.97. The first-order valence-corrected chi connectivity index (χ1v) is 8.15. The van der Waals surface area contributed by atoms with Crippen molar-refractivity contribution >= 4 is 10.0 Å². The smallest absolute Gasteiger partial charge is 0.240 e. The van der Waals surface area contributed by atoms with Crippen molar-refractivity contribution < 1.29 is 8.42 Å². The van der Waals surface area contributed by atoms with Gasteiger partial charge in [-0.1, -0.05) is 32.9 Å². The van der Waals surface area contributed by atoms with E-state index < -0.39 is 10.0 Å². The van der Waals surface area contributed by atoms with E-state index in [0.717, 1.165) is 18.5 Å². The summed E-state index contributed by atoms with van der Waals surface area (Å²) in [5.74, 6) is 0.542. The first kappa shape index (κ1) is 16.1. The lowest BCUT2D eigenvalue weighted by Gasteiger charge is -2.21. The molecular weight excluding hydrogens is 260 g/mol. The van der Waals surface area contributed by atoms with Crippen LogP contribution in [0.1, 0.15) is 26.3 Å². The van der Waals surface area contributed by atoms with Gasteiger partial charge >= 0.3 is 0 Å². The minimum atomic E-state index is -3.34. The molecule has 0 aliphatic carbocycles. The standard InChI is InChI=1S/C14H24N2O2S/c1-5-16-14(11(2)3)10-12-6-8-13(9-7-12)19(17,18)15-4/h6-9,11,14-16H,5,10H2,1-4H3. The molecule has 0 aliphatic rings. The van der Waals surface area contributed by atoms with Gasteiger partial charge in [0.15, 0.2) is 0 Å². The molecule has 0 radical (unpaired) electrons. The third kappa shape index (κ3) is 4.60. The van der Waals surface area contributed by atoms with Gasteiger partial charge in [0.2, 0.25) is 10.0 Å². The van der Waals surface area contributed by atoms with Crippen molar-refractivity contribution in [3.63, 3.8) is 0 Å². The van der Waals surface area contributed by atoms with Crippen LogP contribution in [0.5, 0.6) is 0 Å². The highest BCUT2D eigenvalue weighted by atomic mass is 32.2. The second kappa shape index (κ2) is 7.03. The molecule has 0 saturated heterocycles. The monoisotopic (exact) mass is 284 g/mol. The third-order valence-corrected chi connectivity index (χ3v) is 4.66. The molecule has 19 heavy (non-hydrogen) atoms. The maximum atomic E-state index is 11.6. The topological polar surface area (TPSA) is 58.2 Å². The van der Waals surface area contributed by atoms with Gasteiger partial charge in [0.1, 0.15) is 0 Å². The maximum absolute atomic E-state index is 11.6. The van der Waals surface area contributed by atoms with E-state index in [-0.39, 0.29) is 0 Å². The lowest BCUT2D eigenvalue weighted by molar-refractivity contribution is 0.405. The maximum Gasteiger partial charge on any atom is 0.240 e. The average molecular weight is 284 g/mol. The van der Waals surface area contributed by atoms with Gasteiger partial charge in [-0.15, -0.1) is 0 Å². The molecular formula is C14H24N2O2S. The first-order valence-electron chi connectivity index (χ1n) is 6.66. The number of sulfonamides is 1. The normalized spacial score (nSPS) is 13.7. The van der Waals surface area contributed by atoms with E-state index in [1.807, 2.05) is 12.1 Å². The summed E-state index contributed by atoms with van der Waals surface area (Å²) in [6.45, 7) is 7.41. The fraction of sp³-hybridized carbons (Fsp3) is 0.571. The quantitative estimate of drug-likeness (QED) is 0.802. The van der Waals surface area contributed by atoms with E-state index in [9.17, 15) is 8.42 Å². The Labute approximate surface area is 116 Å². The van der Waals surface area contributed by atoms with Gasteiger partial charge in [-0.05, 0) is 43.6 Å². The van der Waals surface area contributed by atoms with Crippen LogP contribution in [0.2, 0.25) is 0 Å². The van der Waals surface area contributed by atoms with Crippen molar-refractivity contribution in [3.8, 4) is 0 Å². The van der Waals surface area contributed by atoms with E-state index in [1.54, 1.807) is 12.1 Å². The summed E-state index contributed by atoms with van der Waals surface area (Å²) in [6.07, 6.45) is 0.908. The van der Waals surface area contributed by atoms with Crippen molar-refractivity contribution in [1.82, 2.24) is 10.0 Å². The number of hydrogen-bond acceptors (Lipinski definition) is 3. The fourth-order valence-corrected chi connectivity index (χ4v) is 2.71. The Bertz CT molecular complexity index is 481. The molecule has 1 rings (SSSR count). The van der Waals surface area contributed by atoms with E-state index in [2.05, 4.69) is 30.8 Å². The Morgan fingerprint density at radius 2 is 1.74 bits per heavy atom. The molecule has 5 heteroatoms. The van der Waals surface area contributed by atoms with E-state index in [1.165, 1.54) is 7.05 Å². The van der Waals surface area contributed by atoms with Crippen LogP contribution in [0.4, 0.5) is 0 Å². The molecule has 1 atom stereocenters. The van der Waals surface area contributed by atoms with Crippen LogP contribution in [0.3, 0.4) is 0 Å². The fourth-order valence-electron chi connectivity index (χ4n) is 1.98. The highest BCUT2D eigenvalue weighted by molar-refractivity contribution is 7.89. The summed E-state index contributed by atoms with van der Waals surface area (Å²) in [7, 11) is -1.92. The predicted octanol–water partition coefficient (Wildman–Crippen LogP) is 1.77. The van der Waals surface area contributed by atoms with E-state index in [0.29, 0.717) is 16.9 Å². The Morgan fingerprint density at radius 1 is 1.16 bits per heavy atom. The van der Waals surface area contributed by atoms with E-state index >= 15 is 0 Å². The summed E-state index contributed by atoms with van der Waals surface area (Å²) in [5.41, 5.74) is 1.15. The van der Waals surface area contributed by atoms with Crippen LogP contribution < -0.4 is 10.0 Å². The molecule has 0 fully saturated rings. The predicted molar refractivity (Wildman–Crippen MR) is 78.7 cm³/mol. The second-order valence-electron chi connectivity index (χ2n) is 4.96. The van der Waals surface area contributed by atoms with Crippen LogP contribution >= 0.6 is 0 Å². The van der Waals surface area contributed by atoms with Crippen molar-refractivity contribution in [2.75, 3.05) is 13.6 Å². The number of rotatable bonds is 7. The van der Waals surface area contributed by atoms with Crippen molar-refractivity contribution in [2.24, 2.45) is 5.92 Å². The average Bonchev–Trinajstić information content (AvgIpc) is 2.38. The van der Waals surface area contributed by atoms with Gasteiger partial charge in [0, 0.05) is 6.04 Å². The molecule has 0 spiro atoms. The van der Waals surface area contributed by atoms with Gasteiger partial charge in [-0.25, -0.2) is 13.1 Å². The molecule has 0 bridgehead atoms. The lowest BCUT2D eigenvalue weighted by atomic mass is 9.96. The summed E-state index contributed by atoms with van der Waals surface area (Å²) >= 11 is 0. The van der Waals surface area contributed by atoms with Gasteiger partial charge < -0.3 is 5.32 Å². The zero-order chi connectivity index (χ0) is 14.5. The minimum Gasteiger partial charge on any atom is -0.314 e. The molecule has 0 aliphatic heterocycles. The second-order valence-corrected chi connectivity index (χ2v) is 6.85. The largest absolute Gasteiger partial charge is 0.314 e. The summed E-state index contributed by atoms with van der Waals surface area (Å²) in [5, 5.41) is 3.46. The van der Waals surface area contributed by atoms with Gasteiger partial charge in [-0.3, -0.25) is 0 Å². The highest BCUT2D eigenvalue weighted by Gasteiger charge is 2.14. The Morgan fingerprint density at radius 3 is 2.16 bits per heavy atom. The van der Waals surface area contributed by atoms with Crippen LogP contribution in [0, 0.1) is 5.92 Å². The SMILES string of the molecule is CCNC(Cc1ccc(S(=O)(=O)NC)cc1)C(C)C.